The lowest BCUT2D eigenvalue weighted by Gasteiger charge is -2.03. The number of hydrogen-bond donors (Lipinski definition) is 0. The lowest BCUT2D eigenvalue weighted by molar-refractivity contribution is 0.130. The first-order chi connectivity index (χ1) is 11.7. The first-order valence-corrected chi connectivity index (χ1v) is 7.27. The first kappa shape index (κ1) is 17.2. The summed E-state index contributed by atoms with van der Waals surface area (Å²) >= 11 is 0. The zero-order valence-electron chi connectivity index (χ0n) is 13.5. The number of oxime groups is 2. The molecule has 0 aliphatic rings. The van der Waals surface area contributed by atoms with Gasteiger partial charge in [0.1, 0.15) is 25.2 Å². The summed E-state index contributed by atoms with van der Waals surface area (Å²) in [7, 11) is 1.49. The van der Waals surface area contributed by atoms with Crippen molar-refractivity contribution in [2.75, 3.05) is 7.11 Å². The van der Waals surface area contributed by atoms with Crippen molar-refractivity contribution in [1.29, 1.82) is 0 Å². The zero-order valence-corrected chi connectivity index (χ0v) is 13.5. The fourth-order valence-electron chi connectivity index (χ4n) is 1.82. The molecule has 0 aromatic heterocycles. The van der Waals surface area contributed by atoms with Crippen LogP contribution in [0, 0.1) is 17.7 Å². The minimum Gasteiger partial charge on any atom is -0.399 e. The van der Waals surface area contributed by atoms with Crippen LogP contribution in [0.3, 0.4) is 0 Å². The molecular weight excluding hydrogens is 307 g/mol. The van der Waals surface area contributed by atoms with E-state index in [0.29, 0.717) is 17.9 Å². The van der Waals surface area contributed by atoms with Gasteiger partial charge in [0.2, 0.25) is 0 Å². The van der Waals surface area contributed by atoms with E-state index < -0.39 is 0 Å². The second-order valence-corrected chi connectivity index (χ2v) is 4.82. The Hall–Kier alpha value is -3.13. The maximum atomic E-state index is 12.8. The van der Waals surface area contributed by atoms with Gasteiger partial charge in [0.05, 0.1) is 6.21 Å². The number of benzene rings is 2. The summed E-state index contributed by atoms with van der Waals surface area (Å²) in [6, 6.07) is 13.6. The summed E-state index contributed by atoms with van der Waals surface area (Å²) in [6.45, 7) is 2.04. The van der Waals surface area contributed by atoms with E-state index in [1.807, 2.05) is 24.3 Å². The Kier molecular flexibility index (Phi) is 6.54. The molecular formula is C19H17FN2O2. The molecule has 4 nitrogen and oxygen atoms in total. The van der Waals surface area contributed by atoms with E-state index in [1.54, 1.807) is 25.3 Å². The Labute approximate surface area is 140 Å². The highest BCUT2D eigenvalue weighted by molar-refractivity contribution is 5.98. The smallest absolute Gasteiger partial charge is 0.143 e. The molecule has 2 aromatic carbocycles. The third kappa shape index (κ3) is 5.58. The van der Waals surface area contributed by atoms with Gasteiger partial charge in [0.15, 0.2) is 0 Å². The van der Waals surface area contributed by atoms with Crippen LogP contribution >= 0.6 is 0 Å². The van der Waals surface area contributed by atoms with Gasteiger partial charge in [-0.2, -0.15) is 0 Å². The Balaban J connectivity index is 1.97. The van der Waals surface area contributed by atoms with Crippen LogP contribution in [-0.4, -0.2) is 19.0 Å². The maximum absolute atomic E-state index is 12.8. The van der Waals surface area contributed by atoms with Crippen LogP contribution in [0.4, 0.5) is 4.39 Å². The Morgan fingerprint density at radius 2 is 1.92 bits per heavy atom. The van der Waals surface area contributed by atoms with Crippen LogP contribution in [0.25, 0.3) is 0 Å². The number of rotatable bonds is 5. The van der Waals surface area contributed by atoms with Crippen LogP contribution in [-0.2, 0) is 16.3 Å². The average molecular weight is 324 g/mol. The van der Waals surface area contributed by atoms with E-state index in [0.717, 1.165) is 11.1 Å². The van der Waals surface area contributed by atoms with Crippen LogP contribution in [0.1, 0.15) is 23.6 Å². The van der Waals surface area contributed by atoms with Gasteiger partial charge in [-0.15, -0.1) is 0 Å². The van der Waals surface area contributed by atoms with Crippen molar-refractivity contribution in [3.8, 4) is 11.8 Å². The Morgan fingerprint density at radius 3 is 2.67 bits per heavy atom. The van der Waals surface area contributed by atoms with Gasteiger partial charge in [-0.1, -0.05) is 40.5 Å². The zero-order chi connectivity index (χ0) is 17.2. The second kappa shape index (κ2) is 9.11. The molecule has 0 spiro atoms. The van der Waals surface area contributed by atoms with E-state index in [4.69, 9.17) is 4.84 Å². The van der Waals surface area contributed by atoms with E-state index in [1.165, 1.54) is 19.2 Å². The predicted molar refractivity (Wildman–Crippen MR) is 92.2 cm³/mol. The van der Waals surface area contributed by atoms with Gasteiger partial charge in [-0.3, -0.25) is 0 Å². The summed E-state index contributed by atoms with van der Waals surface area (Å²) in [5, 5.41) is 7.72. The van der Waals surface area contributed by atoms with E-state index in [9.17, 15) is 4.39 Å². The summed E-state index contributed by atoms with van der Waals surface area (Å²) in [6.07, 6.45) is 1.61. The van der Waals surface area contributed by atoms with E-state index in [2.05, 4.69) is 27.0 Å². The van der Waals surface area contributed by atoms with Crippen molar-refractivity contribution in [3.63, 3.8) is 0 Å². The molecule has 0 amide bonds. The van der Waals surface area contributed by atoms with E-state index in [-0.39, 0.29) is 5.82 Å². The summed E-state index contributed by atoms with van der Waals surface area (Å²) in [5.74, 6) is 5.47. The molecule has 0 N–H and O–H groups in total. The Bertz CT molecular complexity index is 787. The molecule has 0 saturated heterocycles. The summed E-state index contributed by atoms with van der Waals surface area (Å²) < 4.78 is 12.8. The fourth-order valence-corrected chi connectivity index (χ4v) is 1.82. The molecule has 0 aliphatic carbocycles. The van der Waals surface area contributed by atoms with Crippen LogP contribution < -0.4 is 0 Å². The van der Waals surface area contributed by atoms with Gasteiger partial charge in [0, 0.05) is 16.7 Å². The van der Waals surface area contributed by atoms with Crippen molar-refractivity contribution in [2.24, 2.45) is 10.3 Å². The van der Waals surface area contributed by atoms with Gasteiger partial charge in [-0.05, 0) is 37.1 Å². The highest BCUT2D eigenvalue weighted by Gasteiger charge is 2.00. The van der Waals surface area contributed by atoms with Crippen molar-refractivity contribution in [1.82, 2.24) is 0 Å². The van der Waals surface area contributed by atoms with Crippen LogP contribution in [0.15, 0.2) is 58.8 Å². The van der Waals surface area contributed by atoms with Crippen molar-refractivity contribution in [3.05, 3.63) is 71.0 Å². The minimum absolute atomic E-state index is 0.287. The quantitative estimate of drug-likeness (QED) is 0.477. The summed E-state index contributed by atoms with van der Waals surface area (Å²) in [5.41, 5.74) is 3.07. The molecule has 122 valence electrons. The highest BCUT2D eigenvalue weighted by atomic mass is 19.1. The monoisotopic (exact) mass is 324 g/mol. The molecule has 2 aromatic rings. The molecule has 2 rings (SSSR count). The molecule has 0 aliphatic heterocycles. The van der Waals surface area contributed by atoms with Gasteiger partial charge >= 0.3 is 0 Å². The average Bonchev–Trinajstić information content (AvgIpc) is 2.60. The molecule has 24 heavy (non-hydrogen) atoms. The second-order valence-electron chi connectivity index (χ2n) is 4.82. The molecule has 0 heterocycles. The van der Waals surface area contributed by atoms with Gasteiger partial charge < -0.3 is 9.68 Å². The molecule has 0 radical (unpaired) electrons. The van der Waals surface area contributed by atoms with Crippen molar-refractivity contribution >= 4 is 11.9 Å². The SMILES string of the molecule is CO/N=C\c1ccccc1CO/N=C(\C)C#Cc1ccc(F)cc1. The van der Waals surface area contributed by atoms with Gasteiger partial charge in [-0.25, -0.2) is 4.39 Å². The van der Waals surface area contributed by atoms with E-state index >= 15 is 0 Å². The van der Waals surface area contributed by atoms with Gasteiger partial charge in [0.25, 0.3) is 0 Å². The number of nitrogens with zero attached hydrogens (tertiary/aromatic N) is 2. The minimum atomic E-state index is -0.287. The number of halogens is 1. The molecule has 0 unspecified atom stereocenters. The Morgan fingerprint density at radius 1 is 1.17 bits per heavy atom. The largest absolute Gasteiger partial charge is 0.399 e. The lowest BCUT2D eigenvalue weighted by atomic mass is 10.1. The number of hydrogen-bond acceptors (Lipinski definition) is 4. The standard InChI is InChI=1S/C19H17FN2O2/c1-15(7-8-16-9-11-19(20)12-10-16)22-24-14-18-6-4-3-5-17(18)13-21-23-2/h3-6,9-13H,14H2,1-2H3/b21-13-,22-15+. The molecule has 0 atom stereocenters. The van der Waals surface area contributed by atoms with Crippen LogP contribution in [0.5, 0.6) is 0 Å². The molecule has 0 bridgehead atoms. The topological polar surface area (TPSA) is 43.2 Å². The third-order valence-electron chi connectivity index (χ3n) is 3.01. The lowest BCUT2D eigenvalue weighted by Crippen LogP contribution is -1.96. The molecule has 5 heteroatoms. The first-order valence-electron chi connectivity index (χ1n) is 7.27. The normalized spacial score (nSPS) is 11.0. The predicted octanol–water partition coefficient (Wildman–Crippen LogP) is 3.75. The van der Waals surface area contributed by atoms with Crippen LogP contribution in [0.2, 0.25) is 0 Å². The molecule has 0 saturated carbocycles. The van der Waals surface area contributed by atoms with Crippen molar-refractivity contribution in [2.45, 2.75) is 13.5 Å². The van der Waals surface area contributed by atoms with Crippen molar-refractivity contribution < 1.29 is 14.1 Å². The highest BCUT2D eigenvalue weighted by Crippen LogP contribution is 2.08. The molecule has 0 fully saturated rings. The fraction of sp³-hybridized carbons (Fsp3) is 0.158. The maximum Gasteiger partial charge on any atom is 0.143 e. The third-order valence-corrected chi connectivity index (χ3v) is 3.01. The summed E-state index contributed by atoms with van der Waals surface area (Å²) in [4.78, 5) is 10.0.